The van der Waals surface area contributed by atoms with Gasteiger partial charge in [0.15, 0.2) is 23.2 Å². The third-order valence-corrected chi connectivity index (χ3v) is 9.69. The largest absolute Gasteiger partial charge is 0.457 e. The summed E-state index contributed by atoms with van der Waals surface area (Å²) >= 11 is 0. The molecule has 242 valence electrons. The highest BCUT2D eigenvalue weighted by Crippen LogP contribution is 2.40. The number of hydrogen-bond donors (Lipinski definition) is 0. The van der Waals surface area contributed by atoms with Crippen LogP contribution in [-0.4, -0.2) is 19.5 Å². The van der Waals surface area contributed by atoms with Gasteiger partial charge in [-0.15, -0.1) is 0 Å². The molecule has 10 aromatic rings. The number of aromatic nitrogens is 4. The number of furan rings is 1. The van der Waals surface area contributed by atoms with Gasteiger partial charge in [0.25, 0.3) is 0 Å². The molecule has 6 nitrogen and oxygen atoms in total. The van der Waals surface area contributed by atoms with Crippen molar-refractivity contribution in [1.82, 2.24) is 19.5 Å². The molecule has 0 amide bonds. The van der Waals surface area contributed by atoms with Gasteiger partial charge in [0.05, 0.1) is 23.2 Å². The molecule has 52 heavy (non-hydrogen) atoms. The summed E-state index contributed by atoms with van der Waals surface area (Å²) in [6.07, 6.45) is 0. The van der Waals surface area contributed by atoms with Crippen LogP contribution >= 0.6 is 0 Å². The summed E-state index contributed by atoms with van der Waals surface area (Å²) in [6, 6.07) is 55.5. The average molecular weight is 666 g/mol. The molecule has 0 atom stereocenters. The standard InChI is InChI=1S/C46H27N5O/c1-47-38-19-11-21-41-42(38)35-17-10-18-36(43(35)52-41)46-49-44(31-24-22-30(23-25-31)29-12-4-2-5-13-29)48-45(50-46)32-26-27-40-37(28-32)34-16-8-9-20-39(34)51(40)33-14-6-3-7-15-33/h2-28H. The van der Waals surface area contributed by atoms with Crippen LogP contribution in [-0.2, 0) is 0 Å². The number of hydrogen-bond acceptors (Lipinski definition) is 4. The monoisotopic (exact) mass is 665 g/mol. The fourth-order valence-electron chi connectivity index (χ4n) is 7.26. The van der Waals surface area contributed by atoms with Gasteiger partial charge < -0.3 is 8.98 Å². The zero-order valence-corrected chi connectivity index (χ0v) is 27.7. The van der Waals surface area contributed by atoms with E-state index in [0.717, 1.165) is 66.1 Å². The minimum absolute atomic E-state index is 0.493. The Balaban J connectivity index is 1.19. The maximum absolute atomic E-state index is 7.78. The number of benzene rings is 7. The lowest BCUT2D eigenvalue weighted by Gasteiger charge is -2.10. The molecule has 0 aliphatic carbocycles. The molecule has 0 spiro atoms. The van der Waals surface area contributed by atoms with Crippen LogP contribution < -0.4 is 0 Å². The van der Waals surface area contributed by atoms with Gasteiger partial charge in [-0.05, 0) is 59.7 Å². The van der Waals surface area contributed by atoms with E-state index in [0.29, 0.717) is 34.3 Å². The van der Waals surface area contributed by atoms with Gasteiger partial charge in [-0.25, -0.2) is 19.8 Å². The Kier molecular flexibility index (Phi) is 6.76. The summed E-state index contributed by atoms with van der Waals surface area (Å²) < 4.78 is 8.74. The van der Waals surface area contributed by atoms with E-state index in [4.69, 9.17) is 25.9 Å². The van der Waals surface area contributed by atoms with E-state index >= 15 is 0 Å². The number of rotatable bonds is 5. The molecule has 0 unspecified atom stereocenters. The summed E-state index contributed by atoms with van der Waals surface area (Å²) in [5.41, 5.74) is 9.91. The van der Waals surface area contributed by atoms with Gasteiger partial charge in [0.2, 0.25) is 0 Å². The molecule has 0 aliphatic rings. The van der Waals surface area contributed by atoms with E-state index in [1.54, 1.807) is 0 Å². The second-order valence-electron chi connectivity index (χ2n) is 12.7. The van der Waals surface area contributed by atoms with Crippen molar-refractivity contribution in [2.45, 2.75) is 0 Å². The predicted molar refractivity (Wildman–Crippen MR) is 209 cm³/mol. The fraction of sp³-hybridized carbons (Fsp3) is 0. The maximum atomic E-state index is 7.78. The SMILES string of the molecule is [C-]#[N+]c1cccc2oc3c(-c4nc(-c5ccc(-c6ccccc6)cc5)nc(-c5ccc6c(c5)c5ccccc5n6-c5ccccc5)n4)cccc3c12. The maximum Gasteiger partial charge on any atom is 0.198 e. The summed E-state index contributed by atoms with van der Waals surface area (Å²) in [5, 5.41) is 3.90. The summed E-state index contributed by atoms with van der Waals surface area (Å²) in [6.45, 7) is 7.78. The molecule has 10 rings (SSSR count). The van der Waals surface area contributed by atoms with Crippen LogP contribution in [0.1, 0.15) is 0 Å². The van der Waals surface area contributed by atoms with Crippen molar-refractivity contribution in [1.29, 1.82) is 0 Å². The van der Waals surface area contributed by atoms with Crippen molar-refractivity contribution in [2.75, 3.05) is 0 Å². The molecule has 0 saturated heterocycles. The second kappa shape index (κ2) is 11.9. The van der Waals surface area contributed by atoms with E-state index in [1.165, 1.54) is 0 Å². The summed E-state index contributed by atoms with van der Waals surface area (Å²) in [5.74, 6) is 1.61. The van der Waals surface area contributed by atoms with Gasteiger partial charge in [0.1, 0.15) is 11.2 Å². The number of fused-ring (bicyclic) bond motifs is 6. The highest BCUT2D eigenvalue weighted by Gasteiger charge is 2.20. The highest BCUT2D eigenvalue weighted by molar-refractivity contribution is 6.14. The quantitative estimate of drug-likeness (QED) is 0.172. The van der Waals surface area contributed by atoms with Crippen LogP contribution in [0.15, 0.2) is 168 Å². The number of nitrogens with zero attached hydrogens (tertiary/aromatic N) is 5. The number of para-hydroxylation sites is 3. The van der Waals surface area contributed by atoms with E-state index in [-0.39, 0.29) is 0 Å². The van der Waals surface area contributed by atoms with Crippen LogP contribution in [0.25, 0.3) is 99.6 Å². The second-order valence-corrected chi connectivity index (χ2v) is 12.7. The molecule has 0 aliphatic heterocycles. The first-order chi connectivity index (χ1) is 25.7. The molecule has 6 heteroatoms. The molecule has 0 bridgehead atoms. The highest BCUT2D eigenvalue weighted by atomic mass is 16.3. The minimum atomic E-state index is 0.493. The van der Waals surface area contributed by atoms with E-state index < -0.39 is 0 Å². The Morgan fingerprint density at radius 2 is 1.10 bits per heavy atom. The lowest BCUT2D eigenvalue weighted by Crippen LogP contribution is -2.00. The van der Waals surface area contributed by atoms with Crippen LogP contribution in [0.5, 0.6) is 0 Å². The van der Waals surface area contributed by atoms with Gasteiger partial charge in [-0.2, -0.15) is 0 Å². The van der Waals surface area contributed by atoms with Gasteiger partial charge >= 0.3 is 0 Å². The first-order valence-electron chi connectivity index (χ1n) is 17.1. The van der Waals surface area contributed by atoms with Crippen molar-refractivity contribution < 1.29 is 4.42 Å². The molecule has 0 N–H and O–H groups in total. The van der Waals surface area contributed by atoms with Crippen molar-refractivity contribution >= 4 is 49.4 Å². The van der Waals surface area contributed by atoms with Crippen LogP contribution in [0, 0.1) is 6.57 Å². The lowest BCUT2D eigenvalue weighted by atomic mass is 10.0. The Bertz CT molecular complexity index is 3010. The Morgan fingerprint density at radius 3 is 1.90 bits per heavy atom. The predicted octanol–water partition coefficient (Wildman–Crippen LogP) is 12.1. The molecule has 3 heterocycles. The van der Waals surface area contributed by atoms with E-state index in [1.807, 2.05) is 60.7 Å². The lowest BCUT2D eigenvalue weighted by molar-refractivity contribution is 0.669. The third kappa shape index (κ3) is 4.76. The zero-order chi connectivity index (χ0) is 34.6. The fourth-order valence-corrected chi connectivity index (χ4v) is 7.26. The topological polar surface area (TPSA) is 61.1 Å². The van der Waals surface area contributed by atoms with Crippen molar-refractivity contribution in [3.8, 4) is 51.0 Å². The van der Waals surface area contributed by atoms with Crippen LogP contribution in [0.2, 0.25) is 0 Å². The molecular formula is C46H27N5O. The summed E-state index contributed by atoms with van der Waals surface area (Å²) in [7, 11) is 0. The normalized spacial score (nSPS) is 11.4. The summed E-state index contributed by atoms with van der Waals surface area (Å²) in [4.78, 5) is 19.1. The average Bonchev–Trinajstić information content (AvgIpc) is 3.77. The Labute approximate surface area is 298 Å². The molecule has 0 radical (unpaired) electrons. The molecular weight excluding hydrogens is 639 g/mol. The van der Waals surface area contributed by atoms with Gasteiger partial charge in [-0.1, -0.05) is 115 Å². The zero-order valence-electron chi connectivity index (χ0n) is 27.7. The van der Waals surface area contributed by atoms with Crippen LogP contribution in [0.3, 0.4) is 0 Å². The van der Waals surface area contributed by atoms with Crippen molar-refractivity contribution in [2.24, 2.45) is 0 Å². The third-order valence-electron chi connectivity index (χ3n) is 9.69. The van der Waals surface area contributed by atoms with Gasteiger partial charge in [0, 0.05) is 38.4 Å². The molecule has 3 aromatic heterocycles. The van der Waals surface area contributed by atoms with Crippen molar-refractivity contribution in [3.05, 3.63) is 175 Å². The smallest absolute Gasteiger partial charge is 0.198 e. The molecule has 0 saturated carbocycles. The Hall–Kier alpha value is -7.36. The van der Waals surface area contributed by atoms with Crippen molar-refractivity contribution in [3.63, 3.8) is 0 Å². The van der Waals surface area contributed by atoms with Gasteiger partial charge in [-0.3, -0.25) is 0 Å². The van der Waals surface area contributed by atoms with Crippen LogP contribution in [0.4, 0.5) is 5.69 Å². The molecule has 0 fully saturated rings. The molecule has 7 aromatic carbocycles. The first kappa shape index (κ1) is 29.5. The van der Waals surface area contributed by atoms with E-state index in [2.05, 4.69) is 113 Å². The van der Waals surface area contributed by atoms with E-state index in [9.17, 15) is 0 Å². The Morgan fingerprint density at radius 1 is 0.481 bits per heavy atom. The minimum Gasteiger partial charge on any atom is -0.457 e. The first-order valence-corrected chi connectivity index (χ1v) is 17.1.